The highest BCUT2D eigenvalue weighted by Crippen LogP contribution is 2.26. The van der Waals surface area contributed by atoms with Crippen molar-refractivity contribution < 1.29 is 4.92 Å². The first-order valence-corrected chi connectivity index (χ1v) is 6.95. The zero-order valence-corrected chi connectivity index (χ0v) is 12.2. The maximum Gasteiger partial charge on any atom is 0.270 e. The number of nitro benzene ring substituents is 1. The van der Waals surface area contributed by atoms with E-state index in [1.54, 1.807) is 10.6 Å². The van der Waals surface area contributed by atoms with Crippen LogP contribution in [0.3, 0.4) is 0 Å². The van der Waals surface area contributed by atoms with Crippen molar-refractivity contribution in [1.29, 1.82) is 0 Å². The van der Waals surface area contributed by atoms with Gasteiger partial charge in [-0.05, 0) is 11.6 Å². The van der Waals surface area contributed by atoms with Crippen molar-refractivity contribution in [3.05, 3.63) is 85.7 Å². The first-order valence-electron chi connectivity index (χ1n) is 6.57. The van der Waals surface area contributed by atoms with Gasteiger partial charge in [0, 0.05) is 23.6 Å². The standard InChI is InChI=1S/C16H11ClN2O3/c17-14-9-16(20)18(10-11-4-2-1-3-5-11)15-7-6-12(19(21)22)8-13(14)15/h1-9H,10H2. The van der Waals surface area contributed by atoms with Gasteiger partial charge >= 0.3 is 0 Å². The average Bonchev–Trinajstić information content (AvgIpc) is 2.52. The lowest BCUT2D eigenvalue weighted by Crippen LogP contribution is -2.20. The molecular formula is C16H11ClN2O3. The molecule has 3 rings (SSSR count). The Labute approximate surface area is 130 Å². The topological polar surface area (TPSA) is 65.1 Å². The molecule has 0 aliphatic heterocycles. The number of benzene rings is 2. The summed E-state index contributed by atoms with van der Waals surface area (Å²) < 4.78 is 1.56. The summed E-state index contributed by atoms with van der Waals surface area (Å²) in [5, 5.41) is 11.6. The smallest absolute Gasteiger partial charge is 0.270 e. The van der Waals surface area contributed by atoms with Gasteiger partial charge in [-0.25, -0.2) is 0 Å². The van der Waals surface area contributed by atoms with Crippen molar-refractivity contribution in [3.8, 4) is 0 Å². The van der Waals surface area contributed by atoms with Gasteiger partial charge in [-0.3, -0.25) is 14.9 Å². The highest BCUT2D eigenvalue weighted by molar-refractivity contribution is 6.35. The molecule has 3 aromatic rings. The van der Waals surface area contributed by atoms with Crippen LogP contribution in [0.5, 0.6) is 0 Å². The van der Waals surface area contributed by atoms with E-state index >= 15 is 0 Å². The zero-order valence-electron chi connectivity index (χ0n) is 11.4. The summed E-state index contributed by atoms with van der Waals surface area (Å²) in [4.78, 5) is 22.6. The number of pyridine rings is 1. The monoisotopic (exact) mass is 314 g/mol. The number of hydrogen-bond donors (Lipinski definition) is 0. The van der Waals surface area contributed by atoms with Crippen molar-refractivity contribution in [1.82, 2.24) is 4.57 Å². The van der Waals surface area contributed by atoms with Crippen molar-refractivity contribution in [2.24, 2.45) is 0 Å². The molecule has 1 heterocycles. The Balaban J connectivity index is 2.21. The minimum Gasteiger partial charge on any atom is -0.304 e. The lowest BCUT2D eigenvalue weighted by molar-refractivity contribution is -0.384. The molecule has 0 saturated heterocycles. The zero-order chi connectivity index (χ0) is 15.7. The maximum atomic E-state index is 12.2. The molecule has 0 spiro atoms. The minimum absolute atomic E-state index is 0.0562. The van der Waals surface area contributed by atoms with Crippen LogP contribution in [0, 0.1) is 10.1 Å². The fraction of sp³-hybridized carbons (Fsp3) is 0.0625. The molecule has 0 amide bonds. The summed E-state index contributed by atoms with van der Waals surface area (Å²) in [7, 11) is 0. The number of nitrogens with zero attached hydrogens (tertiary/aromatic N) is 2. The summed E-state index contributed by atoms with van der Waals surface area (Å²) in [5.74, 6) is 0. The summed E-state index contributed by atoms with van der Waals surface area (Å²) in [6.07, 6.45) is 0. The van der Waals surface area contributed by atoms with Gasteiger partial charge in [0.1, 0.15) is 0 Å². The Kier molecular flexibility index (Phi) is 3.65. The summed E-state index contributed by atoms with van der Waals surface area (Å²) in [6.45, 7) is 0.380. The Bertz CT molecular complexity index is 920. The van der Waals surface area contributed by atoms with Gasteiger partial charge in [-0.1, -0.05) is 41.9 Å². The number of aromatic nitrogens is 1. The normalized spacial score (nSPS) is 10.8. The third-order valence-corrected chi connectivity index (χ3v) is 3.75. The number of non-ortho nitro benzene ring substituents is 1. The molecule has 0 bridgehead atoms. The van der Waals surface area contributed by atoms with Crippen LogP contribution in [-0.4, -0.2) is 9.49 Å². The Morgan fingerprint density at radius 3 is 2.50 bits per heavy atom. The van der Waals surface area contributed by atoms with E-state index in [1.165, 1.54) is 18.2 Å². The molecule has 6 heteroatoms. The van der Waals surface area contributed by atoms with E-state index in [1.807, 2.05) is 30.3 Å². The van der Waals surface area contributed by atoms with Crippen LogP contribution in [-0.2, 0) is 6.54 Å². The van der Waals surface area contributed by atoms with Crippen LogP contribution in [0.15, 0.2) is 59.4 Å². The molecule has 1 aromatic heterocycles. The Morgan fingerprint density at radius 1 is 1.09 bits per heavy atom. The fourth-order valence-electron chi connectivity index (χ4n) is 2.38. The van der Waals surface area contributed by atoms with E-state index in [0.29, 0.717) is 17.4 Å². The predicted octanol–water partition coefficient (Wildman–Crippen LogP) is 3.61. The van der Waals surface area contributed by atoms with E-state index in [-0.39, 0.29) is 16.3 Å². The second-order valence-electron chi connectivity index (χ2n) is 4.86. The lowest BCUT2D eigenvalue weighted by atomic mass is 10.1. The van der Waals surface area contributed by atoms with Gasteiger partial charge in [0.15, 0.2) is 0 Å². The van der Waals surface area contributed by atoms with Crippen LogP contribution >= 0.6 is 11.6 Å². The summed E-state index contributed by atoms with van der Waals surface area (Å²) in [5.41, 5.74) is 1.24. The van der Waals surface area contributed by atoms with E-state index < -0.39 is 4.92 Å². The van der Waals surface area contributed by atoms with E-state index in [9.17, 15) is 14.9 Å². The highest BCUT2D eigenvalue weighted by atomic mass is 35.5. The Hall–Kier alpha value is -2.66. The molecule has 0 unspecified atom stereocenters. The average molecular weight is 315 g/mol. The largest absolute Gasteiger partial charge is 0.304 e. The number of rotatable bonds is 3. The molecule has 0 saturated carbocycles. The Morgan fingerprint density at radius 2 is 1.82 bits per heavy atom. The number of nitro groups is 1. The molecule has 22 heavy (non-hydrogen) atoms. The third kappa shape index (κ3) is 2.58. The molecule has 0 radical (unpaired) electrons. The molecule has 0 aliphatic rings. The summed E-state index contributed by atoms with van der Waals surface area (Å²) in [6, 6.07) is 15.1. The molecule has 0 fully saturated rings. The summed E-state index contributed by atoms with van der Waals surface area (Å²) >= 11 is 6.08. The highest BCUT2D eigenvalue weighted by Gasteiger charge is 2.13. The fourth-order valence-corrected chi connectivity index (χ4v) is 2.62. The van der Waals surface area contributed by atoms with Gasteiger partial charge in [0.2, 0.25) is 0 Å². The molecule has 2 aromatic carbocycles. The van der Waals surface area contributed by atoms with Crippen LogP contribution < -0.4 is 5.56 Å². The number of fused-ring (bicyclic) bond motifs is 1. The van der Waals surface area contributed by atoms with Gasteiger partial charge < -0.3 is 4.57 Å². The van der Waals surface area contributed by atoms with Crippen LogP contribution in [0.4, 0.5) is 5.69 Å². The molecule has 0 atom stereocenters. The van der Waals surface area contributed by atoms with E-state index in [4.69, 9.17) is 11.6 Å². The molecular weight excluding hydrogens is 304 g/mol. The van der Waals surface area contributed by atoms with Crippen LogP contribution in [0.25, 0.3) is 10.9 Å². The van der Waals surface area contributed by atoms with Crippen molar-refractivity contribution >= 4 is 28.2 Å². The first kappa shape index (κ1) is 14.3. The maximum absolute atomic E-state index is 12.2. The first-order chi connectivity index (χ1) is 10.6. The van der Waals surface area contributed by atoms with Crippen molar-refractivity contribution in [3.63, 3.8) is 0 Å². The second kappa shape index (κ2) is 5.61. The van der Waals surface area contributed by atoms with Gasteiger partial charge in [0.25, 0.3) is 11.2 Å². The van der Waals surface area contributed by atoms with Crippen LogP contribution in [0.2, 0.25) is 5.02 Å². The quantitative estimate of drug-likeness (QED) is 0.548. The van der Waals surface area contributed by atoms with Crippen LogP contribution in [0.1, 0.15) is 5.56 Å². The van der Waals surface area contributed by atoms with Gasteiger partial charge in [-0.2, -0.15) is 0 Å². The SMILES string of the molecule is O=c1cc(Cl)c2cc([N+](=O)[O-])ccc2n1Cc1ccccc1. The lowest BCUT2D eigenvalue weighted by Gasteiger charge is -2.11. The molecule has 0 N–H and O–H groups in total. The van der Waals surface area contributed by atoms with E-state index in [0.717, 1.165) is 5.56 Å². The van der Waals surface area contributed by atoms with E-state index in [2.05, 4.69) is 0 Å². The molecule has 5 nitrogen and oxygen atoms in total. The van der Waals surface area contributed by atoms with Gasteiger partial charge in [0.05, 0.1) is 22.0 Å². The number of halogens is 1. The van der Waals surface area contributed by atoms with Crippen molar-refractivity contribution in [2.75, 3.05) is 0 Å². The molecule has 0 aliphatic carbocycles. The minimum atomic E-state index is -0.484. The molecule has 110 valence electrons. The number of hydrogen-bond acceptors (Lipinski definition) is 3. The second-order valence-corrected chi connectivity index (χ2v) is 5.27. The van der Waals surface area contributed by atoms with Gasteiger partial charge in [-0.15, -0.1) is 0 Å². The third-order valence-electron chi connectivity index (χ3n) is 3.44. The predicted molar refractivity (Wildman–Crippen MR) is 85.4 cm³/mol. The van der Waals surface area contributed by atoms with Crippen molar-refractivity contribution in [2.45, 2.75) is 6.54 Å².